The molecule has 0 aliphatic rings. The molecule has 1 heterocycles. The van der Waals surface area contributed by atoms with Gasteiger partial charge in [-0.05, 0) is 6.92 Å². The van der Waals surface area contributed by atoms with Crippen molar-refractivity contribution in [1.29, 1.82) is 0 Å². The molecule has 0 radical (unpaired) electrons. The molecule has 0 unspecified atom stereocenters. The van der Waals surface area contributed by atoms with Gasteiger partial charge in [0, 0.05) is 11.1 Å². The maximum absolute atomic E-state index is 4.52. The molecule has 3 aromatic rings. The van der Waals surface area contributed by atoms with Crippen molar-refractivity contribution in [2.45, 2.75) is 27.2 Å². The second kappa shape index (κ2) is 8.03. The largest absolute Gasteiger partial charge is 0.217 e. The van der Waals surface area contributed by atoms with Crippen LogP contribution in [0.3, 0.4) is 0 Å². The molecule has 0 saturated heterocycles. The zero-order chi connectivity index (χ0) is 15.8. The van der Waals surface area contributed by atoms with E-state index in [1.54, 1.807) is 6.33 Å². The zero-order valence-electron chi connectivity index (χ0n) is 13.3. The Morgan fingerprint density at radius 1 is 0.727 bits per heavy atom. The first-order chi connectivity index (χ1) is 10.7. The maximum Gasteiger partial charge on any atom is 0.163 e. The summed E-state index contributed by atoms with van der Waals surface area (Å²) >= 11 is 0. The number of hydrogen-bond acceptors (Lipinski definition) is 3. The highest BCUT2D eigenvalue weighted by atomic mass is 15.0. The monoisotopic (exact) mass is 291 g/mol. The average molecular weight is 291 g/mol. The summed E-state index contributed by atoms with van der Waals surface area (Å²) in [4.78, 5) is 13.0. The molecule has 0 saturated carbocycles. The SMILES string of the molecule is CCC.Cc1ccc(-c2ncnc(-c3ccccc3)n2)cc1. The smallest absolute Gasteiger partial charge is 0.163 e. The summed E-state index contributed by atoms with van der Waals surface area (Å²) in [5.74, 6) is 1.40. The molecule has 3 heteroatoms. The Bertz CT molecular complexity index is 691. The molecule has 112 valence electrons. The molecular weight excluding hydrogens is 270 g/mol. The molecule has 0 spiro atoms. The predicted octanol–water partition coefficient (Wildman–Crippen LogP) is 4.93. The van der Waals surface area contributed by atoms with Gasteiger partial charge < -0.3 is 0 Å². The van der Waals surface area contributed by atoms with Crippen LogP contribution in [0.4, 0.5) is 0 Å². The van der Waals surface area contributed by atoms with E-state index in [0.29, 0.717) is 11.6 Å². The number of aromatic nitrogens is 3. The van der Waals surface area contributed by atoms with Crippen LogP contribution in [0.15, 0.2) is 60.9 Å². The van der Waals surface area contributed by atoms with Gasteiger partial charge >= 0.3 is 0 Å². The van der Waals surface area contributed by atoms with E-state index in [4.69, 9.17) is 0 Å². The number of benzene rings is 2. The molecule has 2 aromatic carbocycles. The summed E-state index contributed by atoms with van der Waals surface area (Å²) in [6, 6.07) is 18.1. The van der Waals surface area contributed by atoms with Gasteiger partial charge in [-0.2, -0.15) is 0 Å². The lowest BCUT2D eigenvalue weighted by Crippen LogP contribution is -1.94. The summed E-state index contributed by atoms with van der Waals surface area (Å²) in [6.45, 7) is 6.31. The summed E-state index contributed by atoms with van der Waals surface area (Å²) in [6.07, 6.45) is 2.81. The lowest BCUT2D eigenvalue weighted by molar-refractivity contribution is 1.06. The standard InChI is InChI=1S/C16H13N3.C3H8/c1-12-7-9-14(10-8-12)16-18-11-17-15(19-16)13-5-3-2-4-6-13;1-3-2/h2-11H,1H3;3H2,1-2H3. The van der Waals surface area contributed by atoms with Crippen LogP contribution in [0, 0.1) is 6.92 Å². The maximum atomic E-state index is 4.52. The Balaban J connectivity index is 0.000000545. The van der Waals surface area contributed by atoms with E-state index >= 15 is 0 Å². The van der Waals surface area contributed by atoms with E-state index in [-0.39, 0.29) is 0 Å². The lowest BCUT2D eigenvalue weighted by atomic mass is 10.1. The Hall–Kier alpha value is -2.55. The quantitative estimate of drug-likeness (QED) is 0.672. The van der Waals surface area contributed by atoms with E-state index in [2.05, 4.69) is 47.9 Å². The number of nitrogens with zero attached hydrogens (tertiary/aromatic N) is 3. The molecule has 0 atom stereocenters. The van der Waals surface area contributed by atoms with E-state index in [0.717, 1.165) is 11.1 Å². The second-order valence-electron chi connectivity index (χ2n) is 5.07. The van der Waals surface area contributed by atoms with Crippen LogP contribution < -0.4 is 0 Å². The first-order valence-corrected chi connectivity index (χ1v) is 7.56. The highest BCUT2D eigenvalue weighted by Gasteiger charge is 2.05. The second-order valence-corrected chi connectivity index (χ2v) is 5.07. The molecule has 3 rings (SSSR count). The Morgan fingerprint density at radius 3 is 1.77 bits per heavy atom. The molecule has 0 fully saturated rings. The van der Waals surface area contributed by atoms with E-state index < -0.39 is 0 Å². The fraction of sp³-hybridized carbons (Fsp3) is 0.211. The Labute approximate surface area is 132 Å². The van der Waals surface area contributed by atoms with Gasteiger partial charge in [0.2, 0.25) is 0 Å². The average Bonchev–Trinajstić information content (AvgIpc) is 2.57. The summed E-state index contributed by atoms with van der Waals surface area (Å²) in [5.41, 5.74) is 3.23. The van der Waals surface area contributed by atoms with Crippen LogP contribution in [0.25, 0.3) is 22.8 Å². The van der Waals surface area contributed by atoms with Crippen molar-refractivity contribution in [3.63, 3.8) is 0 Å². The third kappa shape index (κ3) is 4.22. The first-order valence-electron chi connectivity index (χ1n) is 7.56. The van der Waals surface area contributed by atoms with Crippen molar-refractivity contribution in [2.24, 2.45) is 0 Å². The predicted molar refractivity (Wildman–Crippen MR) is 91.4 cm³/mol. The normalized spacial score (nSPS) is 9.77. The summed E-state index contributed by atoms with van der Waals surface area (Å²) < 4.78 is 0. The van der Waals surface area contributed by atoms with Gasteiger partial charge in [-0.15, -0.1) is 0 Å². The molecule has 0 aliphatic heterocycles. The number of aryl methyl sites for hydroxylation is 1. The fourth-order valence-electron chi connectivity index (χ4n) is 1.86. The van der Waals surface area contributed by atoms with Crippen molar-refractivity contribution in [3.05, 3.63) is 66.5 Å². The van der Waals surface area contributed by atoms with Gasteiger partial charge in [-0.1, -0.05) is 80.4 Å². The molecule has 0 N–H and O–H groups in total. The van der Waals surface area contributed by atoms with Gasteiger partial charge in [-0.3, -0.25) is 0 Å². The van der Waals surface area contributed by atoms with Crippen LogP contribution in [0.5, 0.6) is 0 Å². The first kappa shape index (κ1) is 15.8. The van der Waals surface area contributed by atoms with Gasteiger partial charge in [0.15, 0.2) is 11.6 Å². The Morgan fingerprint density at radius 2 is 1.23 bits per heavy atom. The van der Waals surface area contributed by atoms with Crippen molar-refractivity contribution in [3.8, 4) is 22.8 Å². The van der Waals surface area contributed by atoms with Crippen molar-refractivity contribution < 1.29 is 0 Å². The number of hydrogen-bond donors (Lipinski definition) is 0. The van der Waals surface area contributed by atoms with Gasteiger partial charge in [0.25, 0.3) is 0 Å². The lowest BCUT2D eigenvalue weighted by Gasteiger charge is -2.03. The molecule has 1 aromatic heterocycles. The minimum absolute atomic E-state index is 0.700. The van der Waals surface area contributed by atoms with E-state index in [1.807, 2.05) is 42.5 Å². The van der Waals surface area contributed by atoms with Gasteiger partial charge in [0.05, 0.1) is 0 Å². The number of rotatable bonds is 2. The molecule has 0 bridgehead atoms. The summed E-state index contributed by atoms with van der Waals surface area (Å²) in [5, 5.41) is 0. The van der Waals surface area contributed by atoms with Crippen LogP contribution in [-0.2, 0) is 0 Å². The molecule has 0 aliphatic carbocycles. The highest BCUT2D eigenvalue weighted by molar-refractivity contribution is 5.60. The summed E-state index contributed by atoms with van der Waals surface area (Å²) in [7, 11) is 0. The Kier molecular flexibility index (Phi) is 5.78. The molecule has 22 heavy (non-hydrogen) atoms. The fourth-order valence-corrected chi connectivity index (χ4v) is 1.86. The van der Waals surface area contributed by atoms with Crippen molar-refractivity contribution >= 4 is 0 Å². The highest BCUT2D eigenvalue weighted by Crippen LogP contribution is 2.18. The minimum atomic E-state index is 0.700. The van der Waals surface area contributed by atoms with E-state index in [1.165, 1.54) is 12.0 Å². The third-order valence-electron chi connectivity index (χ3n) is 2.91. The van der Waals surface area contributed by atoms with E-state index in [9.17, 15) is 0 Å². The van der Waals surface area contributed by atoms with Crippen LogP contribution in [0.1, 0.15) is 25.8 Å². The van der Waals surface area contributed by atoms with Crippen LogP contribution in [0.2, 0.25) is 0 Å². The molecule has 3 nitrogen and oxygen atoms in total. The van der Waals surface area contributed by atoms with Gasteiger partial charge in [-0.25, -0.2) is 15.0 Å². The van der Waals surface area contributed by atoms with Crippen LogP contribution in [-0.4, -0.2) is 15.0 Å². The molecule has 0 amide bonds. The van der Waals surface area contributed by atoms with Crippen molar-refractivity contribution in [1.82, 2.24) is 15.0 Å². The van der Waals surface area contributed by atoms with Crippen LogP contribution >= 0.6 is 0 Å². The zero-order valence-corrected chi connectivity index (χ0v) is 13.3. The third-order valence-corrected chi connectivity index (χ3v) is 2.91. The molecular formula is C19H21N3. The van der Waals surface area contributed by atoms with Gasteiger partial charge in [0.1, 0.15) is 6.33 Å². The van der Waals surface area contributed by atoms with Crippen molar-refractivity contribution in [2.75, 3.05) is 0 Å². The topological polar surface area (TPSA) is 38.7 Å². The minimum Gasteiger partial charge on any atom is -0.217 e.